The van der Waals surface area contributed by atoms with Crippen molar-refractivity contribution in [3.8, 4) is 0 Å². The Morgan fingerprint density at radius 2 is 2.31 bits per heavy atom. The predicted octanol–water partition coefficient (Wildman–Crippen LogP) is 2.24. The molecule has 0 spiro atoms. The van der Waals surface area contributed by atoms with Gasteiger partial charge >= 0.3 is 5.97 Å². The Kier molecular flexibility index (Phi) is 2.99. The van der Waals surface area contributed by atoms with Gasteiger partial charge in [0.15, 0.2) is 0 Å². The molecule has 0 amide bonds. The van der Waals surface area contributed by atoms with Crippen molar-refractivity contribution >= 4 is 5.97 Å². The second kappa shape index (κ2) is 4.28. The van der Waals surface area contributed by atoms with Gasteiger partial charge in [-0.15, -0.1) is 0 Å². The number of rotatable bonds is 3. The Labute approximate surface area is 95.3 Å². The standard InChI is InChI=1S/C12H18N2O2/c1-8-11-5-3-4-10(6-7-12(15)16)14(11)9(2)13-8/h10H,3-7H2,1-2H3,(H,15,16). The molecular weight excluding hydrogens is 204 g/mol. The molecule has 88 valence electrons. The maximum absolute atomic E-state index is 10.6. The molecule has 1 N–H and O–H groups in total. The molecule has 0 aromatic carbocycles. The van der Waals surface area contributed by atoms with E-state index in [1.807, 2.05) is 13.8 Å². The summed E-state index contributed by atoms with van der Waals surface area (Å²) in [5.74, 6) is 0.323. The van der Waals surface area contributed by atoms with Crippen LogP contribution < -0.4 is 0 Å². The number of carboxylic acids is 1. The lowest BCUT2D eigenvalue weighted by Crippen LogP contribution is -2.20. The zero-order valence-electron chi connectivity index (χ0n) is 9.86. The second-order valence-electron chi connectivity index (χ2n) is 4.54. The van der Waals surface area contributed by atoms with Crippen LogP contribution in [0.25, 0.3) is 0 Å². The van der Waals surface area contributed by atoms with Crippen molar-refractivity contribution < 1.29 is 9.90 Å². The third-order valence-electron chi connectivity index (χ3n) is 3.39. The first-order valence-electron chi connectivity index (χ1n) is 5.85. The van der Waals surface area contributed by atoms with E-state index in [1.54, 1.807) is 0 Å². The fourth-order valence-corrected chi connectivity index (χ4v) is 2.71. The fourth-order valence-electron chi connectivity index (χ4n) is 2.71. The number of aliphatic carboxylic acids is 1. The van der Waals surface area contributed by atoms with Crippen molar-refractivity contribution in [2.75, 3.05) is 0 Å². The van der Waals surface area contributed by atoms with Gasteiger partial charge in [0.05, 0.1) is 5.69 Å². The van der Waals surface area contributed by atoms with Gasteiger partial charge < -0.3 is 9.67 Å². The van der Waals surface area contributed by atoms with Crippen LogP contribution in [0.5, 0.6) is 0 Å². The van der Waals surface area contributed by atoms with Crippen molar-refractivity contribution in [2.24, 2.45) is 0 Å². The highest BCUT2D eigenvalue weighted by Crippen LogP contribution is 2.31. The maximum Gasteiger partial charge on any atom is 0.303 e. The number of carboxylic acid groups (broad SMARTS) is 1. The van der Waals surface area contributed by atoms with E-state index in [-0.39, 0.29) is 6.42 Å². The summed E-state index contributed by atoms with van der Waals surface area (Å²) in [6.45, 7) is 4.05. The Balaban J connectivity index is 2.22. The van der Waals surface area contributed by atoms with Gasteiger partial charge in [0.2, 0.25) is 0 Å². The molecule has 1 aromatic heterocycles. The highest BCUT2D eigenvalue weighted by molar-refractivity contribution is 5.66. The lowest BCUT2D eigenvalue weighted by atomic mass is 9.98. The van der Waals surface area contributed by atoms with Gasteiger partial charge in [0.25, 0.3) is 0 Å². The van der Waals surface area contributed by atoms with E-state index in [1.165, 1.54) is 5.69 Å². The fraction of sp³-hybridized carbons (Fsp3) is 0.667. The maximum atomic E-state index is 10.6. The summed E-state index contributed by atoms with van der Waals surface area (Å²) in [5, 5.41) is 8.74. The summed E-state index contributed by atoms with van der Waals surface area (Å²) >= 11 is 0. The van der Waals surface area contributed by atoms with Gasteiger partial charge in [-0.2, -0.15) is 0 Å². The van der Waals surface area contributed by atoms with Crippen LogP contribution in [0.4, 0.5) is 0 Å². The minimum Gasteiger partial charge on any atom is -0.481 e. The Morgan fingerprint density at radius 1 is 1.56 bits per heavy atom. The normalized spacial score (nSPS) is 19.5. The Bertz CT molecular complexity index is 409. The number of hydrogen-bond donors (Lipinski definition) is 1. The summed E-state index contributed by atoms with van der Waals surface area (Å²) in [4.78, 5) is 15.1. The van der Waals surface area contributed by atoms with Gasteiger partial charge in [-0.05, 0) is 39.5 Å². The SMILES string of the molecule is Cc1nc(C)n2c1CCCC2CCC(=O)O. The zero-order chi connectivity index (χ0) is 11.7. The number of hydrogen-bond acceptors (Lipinski definition) is 2. The van der Waals surface area contributed by atoms with Crippen molar-refractivity contribution in [1.29, 1.82) is 0 Å². The monoisotopic (exact) mass is 222 g/mol. The van der Waals surface area contributed by atoms with E-state index in [9.17, 15) is 4.79 Å². The molecule has 0 aliphatic carbocycles. The molecule has 16 heavy (non-hydrogen) atoms. The number of aryl methyl sites for hydroxylation is 2. The van der Waals surface area contributed by atoms with Gasteiger partial charge in [-0.25, -0.2) is 4.98 Å². The van der Waals surface area contributed by atoms with Crippen molar-refractivity contribution in [3.05, 3.63) is 17.2 Å². The van der Waals surface area contributed by atoms with E-state index in [4.69, 9.17) is 5.11 Å². The summed E-state index contributed by atoms with van der Waals surface area (Å²) in [7, 11) is 0. The Hall–Kier alpha value is -1.32. The molecule has 2 heterocycles. The lowest BCUT2D eigenvalue weighted by Gasteiger charge is -2.26. The Morgan fingerprint density at radius 3 is 3.00 bits per heavy atom. The highest BCUT2D eigenvalue weighted by atomic mass is 16.4. The number of fused-ring (bicyclic) bond motifs is 1. The average molecular weight is 222 g/mol. The van der Waals surface area contributed by atoms with Gasteiger partial charge in [-0.1, -0.05) is 0 Å². The lowest BCUT2D eigenvalue weighted by molar-refractivity contribution is -0.137. The van der Waals surface area contributed by atoms with Gasteiger partial charge in [0.1, 0.15) is 5.82 Å². The molecular formula is C12H18N2O2. The number of carbonyl (C=O) groups is 1. The third-order valence-corrected chi connectivity index (χ3v) is 3.39. The predicted molar refractivity (Wildman–Crippen MR) is 60.5 cm³/mol. The first kappa shape index (κ1) is 11.2. The van der Waals surface area contributed by atoms with E-state index >= 15 is 0 Å². The molecule has 1 aliphatic rings. The first-order chi connectivity index (χ1) is 7.59. The van der Waals surface area contributed by atoms with Crippen LogP contribution in [0, 0.1) is 13.8 Å². The second-order valence-corrected chi connectivity index (χ2v) is 4.54. The van der Waals surface area contributed by atoms with Crippen molar-refractivity contribution in [2.45, 2.75) is 52.0 Å². The molecule has 1 aliphatic heterocycles. The van der Waals surface area contributed by atoms with Crippen LogP contribution in [-0.4, -0.2) is 20.6 Å². The quantitative estimate of drug-likeness (QED) is 0.853. The molecule has 0 fully saturated rings. The van der Waals surface area contributed by atoms with Crippen LogP contribution in [0.15, 0.2) is 0 Å². The number of aromatic nitrogens is 2. The highest BCUT2D eigenvalue weighted by Gasteiger charge is 2.24. The van der Waals surface area contributed by atoms with Gasteiger partial charge in [-0.3, -0.25) is 4.79 Å². The molecule has 0 saturated heterocycles. The first-order valence-corrected chi connectivity index (χ1v) is 5.85. The smallest absolute Gasteiger partial charge is 0.303 e. The molecule has 0 radical (unpaired) electrons. The molecule has 1 aromatic rings. The van der Waals surface area contributed by atoms with Crippen molar-refractivity contribution in [1.82, 2.24) is 9.55 Å². The molecule has 0 saturated carbocycles. The summed E-state index contributed by atoms with van der Waals surface area (Å²) in [6.07, 6.45) is 4.28. The van der Waals surface area contributed by atoms with Crippen LogP contribution in [0.1, 0.15) is 48.9 Å². The summed E-state index contributed by atoms with van der Waals surface area (Å²) in [5.41, 5.74) is 2.41. The zero-order valence-corrected chi connectivity index (χ0v) is 9.86. The van der Waals surface area contributed by atoms with E-state index in [2.05, 4.69) is 9.55 Å². The third kappa shape index (κ3) is 1.96. The minimum absolute atomic E-state index is 0.251. The molecule has 2 rings (SSSR count). The largest absolute Gasteiger partial charge is 0.481 e. The number of nitrogens with zero attached hydrogens (tertiary/aromatic N) is 2. The van der Waals surface area contributed by atoms with Crippen LogP contribution in [-0.2, 0) is 11.2 Å². The molecule has 1 unspecified atom stereocenters. The summed E-state index contributed by atoms with van der Waals surface area (Å²) in [6, 6.07) is 0.334. The molecule has 4 heteroatoms. The van der Waals surface area contributed by atoms with Gasteiger partial charge in [0, 0.05) is 18.2 Å². The topological polar surface area (TPSA) is 55.1 Å². The van der Waals surface area contributed by atoms with Crippen LogP contribution in [0.2, 0.25) is 0 Å². The summed E-state index contributed by atoms with van der Waals surface area (Å²) < 4.78 is 2.25. The average Bonchev–Trinajstić information content (AvgIpc) is 2.52. The van der Waals surface area contributed by atoms with E-state index < -0.39 is 5.97 Å². The van der Waals surface area contributed by atoms with Crippen molar-refractivity contribution in [3.63, 3.8) is 0 Å². The molecule has 4 nitrogen and oxygen atoms in total. The molecule has 1 atom stereocenters. The van der Waals surface area contributed by atoms with Crippen LogP contribution >= 0.6 is 0 Å². The van der Waals surface area contributed by atoms with E-state index in [0.717, 1.165) is 37.2 Å². The molecule has 0 bridgehead atoms. The number of imidazole rings is 1. The van der Waals surface area contributed by atoms with E-state index in [0.29, 0.717) is 6.04 Å². The van der Waals surface area contributed by atoms with Crippen LogP contribution in [0.3, 0.4) is 0 Å². The minimum atomic E-state index is -0.707.